The number of aliphatic hydroxyl groups is 3. The van der Waals surface area contributed by atoms with Crippen molar-refractivity contribution in [3.8, 4) is 46.0 Å². The number of ether oxygens (including phenoxy) is 5. The fourth-order valence-corrected chi connectivity index (χ4v) is 12.3. The summed E-state index contributed by atoms with van der Waals surface area (Å²) in [5.41, 5.74) is 9.93. The van der Waals surface area contributed by atoms with Crippen LogP contribution >= 0.6 is 37.4 Å². The van der Waals surface area contributed by atoms with Crippen molar-refractivity contribution in [2.24, 2.45) is 0 Å². The molecular weight excluding hydrogens is 1420 g/mol. The minimum atomic E-state index is -0.782. The van der Waals surface area contributed by atoms with Gasteiger partial charge in [-0.05, 0) is 127 Å². The summed E-state index contributed by atoms with van der Waals surface area (Å²) in [5, 5.41) is 41.3. The molecule has 8 aromatic rings. The monoisotopic (exact) mass is 1520 g/mol. The van der Waals surface area contributed by atoms with E-state index in [-0.39, 0.29) is 131 Å². The van der Waals surface area contributed by atoms with Gasteiger partial charge in [0.25, 0.3) is 0 Å². The van der Waals surface area contributed by atoms with Crippen LogP contribution in [-0.4, -0.2) is 108 Å². The Morgan fingerprint density at radius 2 is 0.871 bits per heavy atom. The predicted molar refractivity (Wildman–Crippen MR) is 416 cm³/mol. The van der Waals surface area contributed by atoms with Crippen molar-refractivity contribution in [1.82, 2.24) is 20.9 Å². The molecule has 4 heterocycles. The quantitative estimate of drug-likeness (QED) is 0.0556. The zero-order valence-electron chi connectivity index (χ0n) is 61.3. The first-order valence-corrected chi connectivity index (χ1v) is 32.2. The van der Waals surface area contributed by atoms with Crippen LogP contribution in [0.5, 0.6) is 46.0 Å². The molecule has 12 rings (SSSR count). The molecular formula is C79H100B2FIN4NaO12S. The van der Waals surface area contributed by atoms with Gasteiger partial charge in [-0.25, -0.2) is 4.79 Å². The van der Waals surface area contributed by atoms with Crippen LogP contribution in [0.15, 0.2) is 170 Å². The van der Waals surface area contributed by atoms with E-state index in [0.29, 0.717) is 47.3 Å². The zero-order chi connectivity index (χ0) is 70.7. The van der Waals surface area contributed by atoms with Crippen LogP contribution in [-0.2, 0) is 14.3 Å². The number of rotatable bonds is 10. The van der Waals surface area contributed by atoms with Gasteiger partial charge in [0.2, 0.25) is 11.8 Å². The van der Waals surface area contributed by atoms with Gasteiger partial charge in [0.1, 0.15) is 51.6 Å². The van der Waals surface area contributed by atoms with Crippen LogP contribution in [0, 0.1) is 27.7 Å². The van der Waals surface area contributed by atoms with Gasteiger partial charge in [0.15, 0.2) is 5.78 Å². The molecule has 535 valence electrons. The molecule has 4 aliphatic rings. The third kappa shape index (κ3) is 21.9. The van der Waals surface area contributed by atoms with Crippen molar-refractivity contribution >= 4 is 77.3 Å². The van der Waals surface area contributed by atoms with E-state index in [1.165, 1.54) is 6.82 Å². The molecule has 0 aromatic heterocycles. The maximum Gasteiger partial charge on any atom is 1.00 e. The van der Waals surface area contributed by atoms with Gasteiger partial charge >= 0.3 is 35.7 Å². The van der Waals surface area contributed by atoms with E-state index < -0.39 is 29.8 Å². The number of ketones is 1. The third-order valence-corrected chi connectivity index (χ3v) is 17.3. The maximum atomic E-state index is 12.9. The Morgan fingerprint density at radius 3 is 1.28 bits per heavy atom. The largest absolute Gasteiger partial charge is 1.00 e. The van der Waals surface area contributed by atoms with E-state index >= 15 is 0 Å². The number of Topliss-reactive ketones (excluding diaryl/α,β-unsaturated/α-hetero) is 1. The van der Waals surface area contributed by atoms with Crippen molar-refractivity contribution < 1.29 is 95.3 Å². The van der Waals surface area contributed by atoms with Crippen LogP contribution in [0.25, 0.3) is 0 Å². The fourth-order valence-electron chi connectivity index (χ4n) is 12.3. The van der Waals surface area contributed by atoms with Crippen molar-refractivity contribution in [3.05, 3.63) is 237 Å². The van der Waals surface area contributed by atoms with Crippen molar-refractivity contribution in [2.45, 2.75) is 136 Å². The number of amides is 3. The summed E-state index contributed by atoms with van der Waals surface area (Å²) in [6.45, 7) is 16.2. The van der Waals surface area contributed by atoms with Gasteiger partial charge in [-0.2, -0.15) is 13.4 Å². The number of nitrogens with one attached hydrogen (secondary N) is 3. The summed E-state index contributed by atoms with van der Waals surface area (Å²) >= 11 is 2.78. The Labute approximate surface area is 649 Å². The second-order valence-corrected chi connectivity index (χ2v) is 24.9. The first kappa shape index (κ1) is 88.0. The molecule has 8 aromatic carbocycles. The van der Waals surface area contributed by atoms with E-state index in [1.54, 1.807) is 32.1 Å². The Hall–Kier alpha value is -7.18. The summed E-state index contributed by atoms with van der Waals surface area (Å²) in [7, 11) is 11.3. The van der Waals surface area contributed by atoms with E-state index in [0.717, 1.165) is 91.4 Å². The molecule has 3 amide bonds. The fraction of sp³-hybridized carbons (Fsp3) is 0.342. The van der Waals surface area contributed by atoms with E-state index in [9.17, 15) is 34.5 Å². The number of nitrogens with zero attached hydrogens (tertiary/aromatic N) is 1. The average molecular weight is 1520 g/mol. The molecule has 5 radical (unpaired) electrons. The second-order valence-electron chi connectivity index (χ2n) is 24.9. The summed E-state index contributed by atoms with van der Waals surface area (Å²) < 4.78 is 35.3. The van der Waals surface area contributed by atoms with E-state index in [4.69, 9.17) is 24.8 Å². The second kappa shape index (κ2) is 41.8. The number of carbonyl (C=O) groups excluding carboxylic acids is 4. The Balaban J connectivity index is 0.00000132. The molecule has 7 atom stereocenters. The maximum absolute atomic E-state index is 12.9. The molecule has 0 saturated heterocycles. The molecule has 22 heteroatoms. The Morgan fingerprint density at radius 1 is 0.545 bits per heavy atom. The number of aliphatic hydroxyl groups excluding tert-OH is 3. The molecule has 101 heavy (non-hydrogen) atoms. The number of fused-ring (bicyclic) bond motifs is 8. The molecule has 4 aliphatic heterocycles. The van der Waals surface area contributed by atoms with Crippen LogP contribution in [0.3, 0.4) is 0 Å². The number of aryl methyl sites for hydroxylation is 4. The molecule has 0 fully saturated rings. The summed E-state index contributed by atoms with van der Waals surface area (Å²) in [6, 6.07) is 53.8. The summed E-state index contributed by atoms with van der Waals surface area (Å²) in [6.07, 6.45) is -0.625. The van der Waals surface area contributed by atoms with Gasteiger partial charge in [0, 0.05) is 107 Å². The number of hydrogen-bond acceptors (Lipinski definition) is 13. The standard InChI is InChI=1S/C23H29NO4.C18H19NO3.C18H17NO3.C18H21NO2.CH3B.CH4.B.FH.HI.Na.H2S.H2.H/c1-15-9-8-11-18-20(25)17(13-14-24(5)22(26)28-23(2,3)4)16-10-6-7-12-19(16)27-21(15)18;2*1-11-6-5-8-13-17(21)14(10-16(20)19-2)12-7-3-4-9-15(12)22-18(11)13;1-12-6-5-8-15-17(20)14(10-11-19-2)13-7-3-4-9-16(13)21-18(12)15;1-2;;;;;;;;/h6-12,17,20,25H,13-14H2,1-5H3;3-9,14,17,21H,10H2,1-2H3,(H,19,20);3-9,14H,10H2,1-2H3,(H,19,20);3-9,14,17,19-20H,10-11H2,1-2H3;1H3;1H4;;2*1H;;1H2;1H;/q;;;;;;;;;+1;;;-1/i/hT. The molecule has 0 aliphatic carbocycles. The van der Waals surface area contributed by atoms with Gasteiger partial charge in [-0.1, -0.05) is 154 Å². The van der Waals surface area contributed by atoms with Crippen LogP contribution in [0.4, 0.5) is 9.50 Å². The summed E-state index contributed by atoms with van der Waals surface area (Å²) in [4.78, 5) is 50.5. The van der Waals surface area contributed by atoms with E-state index in [1.807, 2.05) is 213 Å². The van der Waals surface area contributed by atoms with Crippen molar-refractivity contribution in [1.29, 1.82) is 1.12 Å². The molecule has 16 nitrogen and oxygen atoms in total. The Bertz CT molecular complexity index is 4040. The van der Waals surface area contributed by atoms with Gasteiger partial charge < -0.3 is 61.3 Å². The third-order valence-electron chi connectivity index (χ3n) is 17.3. The van der Waals surface area contributed by atoms with Crippen LogP contribution in [0.2, 0.25) is 6.82 Å². The zero-order valence-corrected chi connectivity index (χ0v) is 64.6. The first-order valence-electron chi connectivity index (χ1n) is 32.7. The number of halogens is 2. The molecule has 6 N–H and O–H groups in total. The minimum Gasteiger partial charge on any atom is -1.00 e. The SMILES string of the molecule is C.CNC(=O)CC1C(=O)c2cccc(C)c2Oc2ccccc21.CNC(=O)CC1c2ccccc2Oc2c(C)cccc2C1O.CNCCC1c2ccccc2Oc2c(C)cccc2C1O.Cc1cccc2c1Oc1ccccc1C(CCN(C)C(=O)OC(C)(C)C)C2O.F.I.[3H]S.[B].[B]C.[H-].[HH].[Na+]. The predicted octanol–water partition coefficient (Wildman–Crippen LogP) is 13.7. The minimum absolute atomic E-state index is 0. The van der Waals surface area contributed by atoms with E-state index in [2.05, 4.69) is 43.3 Å². The topological polar surface area (TPSA) is 214 Å². The summed E-state index contributed by atoms with van der Waals surface area (Å²) in [5.74, 6) is 4.35. The van der Waals surface area contributed by atoms with Crippen LogP contribution in [0.1, 0.15) is 170 Å². The van der Waals surface area contributed by atoms with Gasteiger partial charge in [-0.3, -0.25) is 19.1 Å². The normalized spacial score (nSPS) is 17.1. The molecule has 0 bridgehead atoms. The molecule has 7 unspecified atom stereocenters. The first-order chi connectivity index (χ1) is 46.6. The van der Waals surface area contributed by atoms with Crippen molar-refractivity contribution in [2.75, 3.05) is 41.3 Å². The smallest absolute Gasteiger partial charge is 1.00 e. The van der Waals surface area contributed by atoms with Crippen LogP contribution < -0.4 is 64.5 Å². The molecule has 0 saturated carbocycles. The van der Waals surface area contributed by atoms with Crippen molar-refractivity contribution in [3.63, 3.8) is 0 Å². The number of benzene rings is 8. The number of para-hydroxylation sites is 8. The van der Waals surface area contributed by atoms with Gasteiger partial charge in [0.05, 0.1) is 38.8 Å². The van der Waals surface area contributed by atoms with Gasteiger partial charge in [-0.15, -0.1) is 24.0 Å². The molecule has 0 spiro atoms. The number of carbonyl (C=O) groups is 4. The number of hydrogen-bond donors (Lipinski definition) is 6. The Kier molecular flexibility index (Phi) is 36.4. The average Bonchev–Trinajstić information content (AvgIpc) is 1.66.